The Morgan fingerprint density at radius 2 is 2.30 bits per heavy atom. The number of aromatic nitrogens is 3. The number of nitrogens with zero attached hydrogens (tertiary/aromatic N) is 3. The molecular weight excluding hydrogens is 264 g/mol. The van der Waals surface area contributed by atoms with Gasteiger partial charge in [-0.1, -0.05) is 0 Å². The van der Waals surface area contributed by atoms with Crippen LogP contribution in [-0.4, -0.2) is 56.8 Å². The van der Waals surface area contributed by atoms with Crippen LogP contribution < -0.4 is 5.73 Å². The summed E-state index contributed by atoms with van der Waals surface area (Å²) in [7, 11) is 1.49. The molecule has 4 N–H and O–H groups in total. The lowest BCUT2D eigenvalue weighted by Crippen LogP contribution is -2.34. The first kappa shape index (κ1) is 13.3. The molecule has 8 heteroatoms. The molecule has 0 aliphatic carbocycles. The zero-order valence-electron chi connectivity index (χ0n) is 10.9. The highest BCUT2D eigenvalue weighted by Gasteiger charge is 2.45. The van der Waals surface area contributed by atoms with E-state index in [1.807, 2.05) is 0 Å². The summed E-state index contributed by atoms with van der Waals surface area (Å²) in [5.74, 6) is 0.375. The van der Waals surface area contributed by atoms with E-state index in [-0.39, 0.29) is 6.61 Å². The van der Waals surface area contributed by atoms with E-state index in [1.54, 1.807) is 16.8 Å². The minimum Gasteiger partial charge on any atom is -0.394 e. The minimum absolute atomic E-state index is 0.284. The van der Waals surface area contributed by atoms with Gasteiger partial charge in [0.25, 0.3) is 0 Å². The molecule has 3 heterocycles. The number of aliphatic hydroxyl groups excluding tert-OH is 2. The quantitative estimate of drug-likeness (QED) is 0.679. The van der Waals surface area contributed by atoms with Gasteiger partial charge < -0.3 is 30.0 Å². The van der Waals surface area contributed by atoms with Crippen LogP contribution in [0.2, 0.25) is 0 Å². The molecule has 0 aromatic carbocycles. The zero-order valence-corrected chi connectivity index (χ0v) is 10.9. The number of anilines is 1. The molecule has 20 heavy (non-hydrogen) atoms. The van der Waals surface area contributed by atoms with E-state index in [0.717, 1.165) is 0 Å². The van der Waals surface area contributed by atoms with Gasteiger partial charge in [-0.2, -0.15) is 0 Å². The number of nitrogens with two attached hydrogens (primary N) is 1. The smallest absolute Gasteiger partial charge is 0.164 e. The van der Waals surface area contributed by atoms with E-state index >= 15 is 0 Å². The summed E-state index contributed by atoms with van der Waals surface area (Å²) in [6.45, 7) is -0.284. The van der Waals surface area contributed by atoms with Gasteiger partial charge in [-0.3, -0.25) is 0 Å². The van der Waals surface area contributed by atoms with Crippen LogP contribution in [0.1, 0.15) is 6.23 Å². The van der Waals surface area contributed by atoms with Crippen LogP contribution in [0.3, 0.4) is 0 Å². The molecule has 0 spiro atoms. The average Bonchev–Trinajstić information content (AvgIpc) is 3.00. The predicted octanol–water partition coefficient (Wildman–Crippen LogP) is -0.721. The first-order valence-electron chi connectivity index (χ1n) is 6.21. The number of methoxy groups -OCH3 is 1. The van der Waals surface area contributed by atoms with E-state index in [1.165, 1.54) is 13.4 Å². The van der Waals surface area contributed by atoms with Crippen molar-refractivity contribution in [2.45, 2.75) is 24.5 Å². The Labute approximate surface area is 114 Å². The number of hydrogen-bond acceptors (Lipinski definition) is 7. The van der Waals surface area contributed by atoms with Crippen LogP contribution in [0.15, 0.2) is 18.6 Å². The third kappa shape index (κ3) is 1.85. The van der Waals surface area contributed by atoms with Gasteiger partial charge in [0.2, 0.25) is 0 Å². The molecule has 1 fully saturated rings. The summed E-state index contributed by atoms with van der Waals surface area (Å²) in [6, 6.07) is 1.78. The van der Waals surface area contributed by atoms with Crippen LogP contribution in [0.4, 0.5) is 5.82 Å². The molecule has 8 nitrogen and oxygen atoms in total. The molecule has 2 aromatic heterocycles. The molecule has 0 saturated carbocycles. The monoisotopic (exact) mass is 280 g/mol. The Morgan fingerprint density at radius 3 is 3.00 bits per heavy atom. The summed E-state index contributed by atoms with van der Waals surface area (Å²) in [4.78, 5) is 8.11. The van der Waals surface area contributed by atoms with Crippen molar-refractivity contribution in [1.82, 2.24) is 14.5 Å². The second kappa shape index (κ2) is 4.98. The topological polar surface area (TPSA) is 116 Å². The fourth-order valence-corrected chi connectivity index (χ4v) is 2.54. The van der Waals surface area contributed by atoms with Crippen molar-refractivity contribution in [3.8, 4) is 0 Å². The molecule has 1 saturated heterocycles. The van der Waals surface area contributed by atoms with Crippen molar-refractivity contribution < 1.29 is 19.7 Å². The van der Waals surface area contributed by atoms with Crippen LogP contribution in [0.25, 0.3) is 11.0 Å². The standard InChI is InChI=1S/C12H16N4O4/c1-19-9-8(18)7(4-17)20-12(9)16-3-2-6-10(13)14-5-15-11(6)16/h2-3,5,7-9,12,17-18H,4H2,1H3,(H2,13,14,15)/t7-,8-,9-,12-/m1/s1. The molecule has 3 rings (SSSR count). The molecule has 1 aliphatic rings. The van der Waals surface area contributed by atoms with E-state index in [0.29, 0.717) is 16.9 Å². The second-order valence-electron chi connectivity index (χ2n) is 4.66. The molecule has 0 radical (unpaired) electrons. The molecule has 0 unspecified atom stereocenters. The van der Waals surface area contributed by atoms with Crippen molar-refractivity contribution in [2.75, 3.05) is 19.5 Å². The van der Waals surface area contributed by atoms with Crippen LogP contribution in [-0.2, 0) is 9.47 Å². The summed E-state index contributed by atoms with van der Waals surface area (Å²) in [5, 5.41) is 20.0. The van der Waals surface area contributed by atoms with Gasteiger partial charge in [0.15, 0.2) is 6.23 Å². The second-order valence-corrected chi connectivity index (χ2v) is 4.66. The Morgan fingerprint density at radius 1 is 1.50 bits per heavy atom. The molecular formula is C12H16N4O4. The maximum Gasteiger partial charge on any atom is 0.164 e. The average molecular weight is 280 g/mol. The van der Waals surface area contributed by atoms with Gasteiger partial charge in [0, 0.05) is 13.3 Å². The Kier molecular flexibility index (Phi) is 3.30. The van der Waals surface area contributed by atoms with Crippen molar-refractivity contribution in [1.29, 1.82) is 0 Å². The van der Waals surface area contributed by atoms with Gasteiger partial charge in [0.1, 0.15) is 36.1 Å². The number of ether oxygens (including phenoxy) is 2. The summed E-state index contributed by atoms with van der Waals surface area (Å²) in [5.41, 5.74) is 6.38. The summed E-state index contributed by atoms with van der Waals surface area (Å²) < 4.78 is 12.7. The number of nitrogen functional groups attached to an aromatic ring is 1. The van der Waals surface area contributed by atoms with E-state index < -0.39 is 24.5 Å². The Balaban J connectivity index is 2.04. The third-order valence-electron chi connectivity index (χ3n) is 3.58. The van der Waals surface area contributed by atoms with Gasteiger partial charge in [0.05, 0.1) is 12.0 Å². The summed E-state index contributed by atoms with van der Waals surface area (Å²) >= 11 is 0. The number of fused-ring (bicyclic) bond motifs is 1. The largest absolute Gasteiger partial charge is 0.394 e. The van der Waals surface area contributed by atoms with Gasteiger partial charge in [-0.25, -0.2) is 9.97 Å². The zero-order chi connectivity index (χ0) is 14.3. The molecule has 0 bridgehead atoms. The maximum atomic E-state index is 10.1. The lowest BCUT2D eigenvalue weighted by atomic mass is 10.1. The van der Waals surface area contributed by atoms with Gasteiger partial charge in [-0.05, 0) is 6.07 Å². The first-order valence-corrected chi connectivity index (χ1v) is 6.21. The number of aliphatic hydroxyl groups is 2. The first-order chi connectivity index (χ1) is 9.67. The molecule has 1 aliphatic heterocycles. The molecule has 2 aromatic rings. The molecule has 0 amide bonds. The SMILES string of the molecule is CO[C@@H]1[C@H](O)[C@@H](CO)O[C@H]1n1ccc2c(N)ncnc21. The fourth-order valence-electron chi connectivity index (χ4n) is 2.54. The Bertz CT molecular complexity index is 617. The lowest BCUT2D eigenvalue weighted by Gasteiger charge is -2.20. The normalized spacial score (nSPS) is 30.1. The fraction of sp³-hybridized carbons (Fsp3) is 0.500. The molecule has 4 atom stereocenters. The van der Waals surface area contributed by atoms with Crippen LogP contribution in [0.5, 0.6) is 0 Å². The predicted molar refractivity (Wildman–Crippen MR) is 69.7 cm³/mol. The minimum atomic E-state index is -0.911. The Hall–Kier alpha value is -1.74. The highest BCUT2D eigenvalue weighted by molar-refractivity contribution is 5.86. The highest BCUT2D eigenvalue weighted by atomic mass is 16.6. The van der Waals surface area contributed by atoms with Crippen molar-refractivity contribution in [2.24, 2.45) is 0 Å². The van der Waals surface area contributed by atoms with Crippen molar-refractivity contribution in [3.63, 3.8) is 0 Å². The van der Waals surface area contributed by atoms with Crippen molar-refractivity contribution in [3.05, 3.63) is 18.6 Å². The van der Waals surface area contributed by atoms with Gasteiger partial charge >= 0.3 is 0 Å². The highest BCUT2D eigenvalue weighted by Crippen LogP contribution is 2.34. The number of rotatable bonds is 3. The van der Waals surface area contributed by atoms with E-state index in [2.05, 4.69) is 9.97 Å². The third-order valence-corrected chi connectivity index (χ3v) is 3.58. The van der Waals surface area contributed by atoms with Crippen molar-refractivity contribution >= 4 is 16.9 Å². The molecule has 108 valence electrons. The van der Waals surface area contributed by atoms with Crippen LogP contribution >= 0.6 is 0 Å². The van der Waals surface area contributed by atoms with E-state index in [4.69, 9.17) is 15.2 Å². The van der Waals surface area contributed by atoms with Gasteiger partial charge in [-0.15, -0.1) is 0 Å². The lowest BCUT2D eigenvalue weighted by molar-refractivity contribution is -0.0580. The van der Waals surface area contributed by atoms with Crippen LogP contribution in [0, 0.1) is 0 Å². The van der Waals surface area contributed by atoms with E-state index in [9.17, 15) is 10.2 Å². The maximum absolute atomic E-state index is 10.1. The number of hydrogen-bond donors (Lipinski definition) is 3. The summed E-state index contributed by atoms with van der Waals surface area (Å²) in [6.07, 6.45) is 0.329.